The fourth-order valence-corrected chi connectivity index (χ4v) is 3.13. The minimum absolute atomic E-state index is 0.00349. The van der Waals surface area contributed by atoms with Crippen LogP contribution in [0.3, 0.4) is 0 Å². The smallest absolute Gasteiger partial charge is 0.253 e. The third-order valence-electron chi connectivity index (χ3n) is 4.25. The van der Waals surface area contributed by atoms with Crippen LogP contribution >= 0.6 is 0 Å². The molecular formula is C16H21N3O2. The number of nitrogens with one attached hydrogen (secondary N) is 2. The van der Waals surface area contributed by atoms with E-state index in [1.807, 2.05) is 19.2 Å². The maximum Gasteiger partial charge on any atom is 0.253 e. The summed E-state index contributed by atoms with van der Waals surface area (Å²) in [7, 11) is 1.85. The summed E-state index contributed by atoms with van der Waals surface area (Å²) in [6.07, 6.45) is 2.72. The molecule has 0 aliphatic carbocycles. The number of nitrogens with zero attached hydrogens (tertiary/aromatic N) is 1. The van der Waals surface area contributed by atoms with Gasteiger partial charge < -0.3 is 15.5 Å². The normalized spacial score (nSPS) is 20.8. The highest BCUT2D eigenvalue weighted by atomic mass is 16.2. The molecule has 1 unspecified atom stereocenters. The highest BCUT2D eigenvalue weighted by molar-refractivity contribution is 6.01. The number of fused-ring (bicyclic) bond motifs is 1. The highest BCUT2D eigenvalue weighted by Gasteiger charge is 2.22. The van der Waals surface area contributed by atoms with Crippen LogP contribution in [0.25, 0.3) is 0 Å². The Balaban J connectivity index is 1.67. The number of hydrogen-bond acceptors (Lipinski definition) is 3. The molecule has 0 spiro atoms. The zero-order chi connectivity index (χ0) is 14.8. The molecule has 2 heterocycles. The molecule has 0 radical (unpaired) electrons. The first-order valence-electron chi connectivity index (χ1n) is 7.52. The van der Waals surface area contributed by atoms with Gasteiger partial charge in [0.1, 0.15) is 0 Å². The Morgan fingerprint density at radius 3 is 3.05 bits per heavy atom. The number of piperidine rings is 1. The lowest BCUT2D eigenvalue weighted by molar-refractivity contribution is -0.115. The van der Waals surface area contributed by atoms with Gasteiger partial charge in [-0.15, -0.1) is 0 Å². The van der Waals surface area contributed by atoms with E-state index in [9.17, 15) is 9.59 Å². The largest absolute Gasteiger partial charge is 0.341 e. The molecule has 1 saturated heterocycles. The molecule has 2 aliphatic heterocycles. The van der Waals surface area contributed by atoms with Gasteiger partial charge in [-0.2, -0.15) is 0 Å². The molecule has 2 N–H and O–H groups in total. The van der Waals surface area contributed by atoms with Gasteiger partial charge >= 0.3 is 0 Å². The van der Waals surface area contributed by atoms with Crippen molar-refractivity contribution in [3.8, 4) is 0 Å². The summed E-state index contributed by atoms with van der Waals surface area (Å²) in [5.74, 6) is 0.560. The Bertz CT molecular complexity index is 565. The summed E-state index contributed by atoms with van der Waals surface area (Å²) in [6, 6.07) is 5.46. The molecule has 3 rings (SSSR count). The van der Waals surface area contributed by atoms with Gasteiger partial charge in [-0.3, -0.25) is 9.59 Å². The first kappa shape index (κ1) is 14.1. The first-order chi connectivity index (χ1) is 10.1. The van der Waals surface area contributed by atoms with Crippen LogP contribution in [0.15, 0.2) is 18.2 Å². The van der Waals surface area contributed by atoms with Crippen LogP contribution < -0.4 is 10.6 Å². The zero-order valence-corrected chi connectivity index (χ0v) is 12.3. The predicted molar refractivity (Wildman–Crippen MR) is 81.3 cm³/mol. The number of anilines is 1. The van der Waals surface area contributed by atoms with Gasteiger partial charge in [0.05, 0.1) is 6.42 Å². The monoisotopic (exact) mass is 287 g/mol. The van der Waals surface area contributed by atoms with Crippen molar-refractivity contribution < 1.29 is 9.59 Å². The molecule has 0 aromatic heterocycles. The summed E-state index contributed by atoms with van der Waals surface area (Å²) in [6.45, 7) is 2.85. The number of carbonyl (C=O) groups is 2. The number of amides is 2. The Morgan fingerprint density at radius 2 is 2.29 bits per heavy atom. The van der Waals surface area contributed by atoms with Gasteiger partial charge in [0.25, 0.3) is 5.91 Å². The molecule has 1 atom stereocenters. The van der Waals surface area contributed by atoms with E-state index < -0.39 is 0 Å². The first-order valence-corrected chi connectivity index (χ1v) is 7.52. The third-order valence-corrected chi connectivity index (χ3v) is 4.25. The van der Waals surface area contributed by atoms with Crippen LogP contribution in [0.1, 0.15) is 28.8 Å². The van der Waals surface area contributed by atoms with Crippen LogP contribution in [0.2, 0.25) is 0 Å². The second kappa shape index (κ2) is 5.85. The number of rotatable bonds is 3. The molecule has 2 aliphatic rings. The summed E-state index contributed by atoms with van der Waals surface area (Å²) in [5.41, 5.74) is 2.41. The Kier molecular flexibility index (Phi) is 3.92. The minimum atomic E-state index is -0.00349. The molecular weight excluding hydrogens is 266 g/mol. The van der Waals surface area contributed by atoms with E-state index >= 15 is 0 Å². The van der Waals surface area contributed by atoms with E-state index in [1.165, 1.54) is 12.8 Å². The van der Waals surface area contributed by atoms with Gasteiger partial charge in [-0.25, -0.2) is 0 Å². The Labute approximate surface area is 124 Å². The zero-order valence-electron chi connectivity index (χ0n) is 12.3. The van der Waals surface area contributed by atoms with E-state index in [-0.39, 0.29) is 11.8 Å². The molecule has 5 nitrogen and oxygen atoms in total. The van der Waals surface area contributed by atoms with Crippen molar-refractivity contribution in [1.29, 1.82) is 0 Å². The second-order valence-corrected chi connectivity index (χ2v) is 5.99. The SMILES string of the molecule is CN(CC1CCCNC1)C(=O)c1ccc2c(c1)CC(=O)N2. The molecule has 5 heteroatoms. The Morgan fingerprint density at radius 1 is 1.43 bits per heavy atom. The second-order valence-electron chi connectivity index (χ2n) is 5.99. The maximum atomic E-state index is 12.5. The van der Waals surface area contributed by atoms with E-state index in [0.29, 0.717) is 17.9 Å². The van der Waals surface area contributed by atoms with Crippen molar-refractivity contribution in [2.45, 2.75) is 19.3 Å². The average molecular weight is 287 g/mol. The highest BCUT2D eigenvalue weighted by Crippen LogP contribution is 2.24. The molecule has 1 fully saturated rings. The lowest BCUT2D eigenvalue weighted by atomic mass is 9.99. The van der Waals surface area contributed by atoms with E-state index in [4.69, 9.17) is 0 Å². The number of hydrogen-bond donors (Lipinski definition) is 2. The van der Waals surface area contributed by atoms with Gasteiger partial charge in [0.2, 0.25) is 5.91 Å². The van der Waals surface area contributed by atoms with Crippen molar-refractivity contribution in [3.63, 3.8) is 0 Å². The standard InChI is InChI=1S/C16H21N3O2/c1-19(10-11-3-2-6-17-9-11)16(21)12-4-5-14-13(7-12)8-15(20)18-14/h4-5,7,11,17H,2-3,6,8-10H2,1H3,(H,18,20). The van der Waals surface area contributed by atoms with Crippen molar-refractivity contribution >= 4 is 17.5 Å². The van der Waals surface area contributed by atoms with Crippen LogP contribution in [-0.4, -0.2) is 43.4 Å². The molecule has 112 valence electrons. The Hall–Kier alpha value is -1.88. The molecule has 0 saturated carbocycles. The van der Waals surface area contributed by atoms with E-state index in [2.05, 4.69) is 10.6 Å². The fraction of sp³-hybridized carbons (Fsp3) is 0.500. The average Bonchev–Trinajstić information content (AvgIpc) is 2.86. The van der Waals surface area contributed by atoms with Gasteiger partial charge in [0.15, 0.2) is 0 Å². The van der Waals surface area contributed by atoms with Gasteiger partial charge in [-0.05, 0) is 55.6 Å². The van der Waals surface area contributed by atoms with Gasteiger partial charge in [0, 0.05) is 24.8 Å². The molecule has 0 bridgehead atoms. The lowest BCUT2D eigenvalue weighted by Gasteiger charge is -2.27. The summed E-state index contributed by atoms with van der Waals surface area (Å²) in [4.78, 5) is 25.7. The van der Waals surface area contributed by atoms with Crippen LogP contribution in [0, 0.1) is 5.92 Å². The van der Waals surface area contributed by atoms with E-state index in [1.54, 1.807) is 11.0 Å². The minimum Gasteiger partial charge on any atom is -0.341 e. The van der Waals surface area contributed by atoms with Crippen LogP contribution in [0.5, 0.6) is 0 Å². The molecule has 1 aromatic carbocycles. The molecule has 21 heavy (non-hydrogen) atoms. The van der Waals surface area contributed by atoms with Crippen molar-refractivity contribution in [1.82, 2.24) is 10.2 Å². The van der Waals surface area contributed by atoms with Crippen molar-refractivity contribution in [2.75, 3.05) is 32.0 Å². The third kappa shape index (κ3) is 3.08. The summed E-state index contributed by atoms with van der Waals surface area (Å²) in [5, 5.41) is 6.16. The quantitative estimate of drug-likeness (QED) is 0.879. The fourth-order valence-electron chi connectivity index (χ4n) is 3.13. The van der Waals surface area contributed by atoms with Gasteiger partial charge in [-0.1, -0.05) is 0 Å². The van der Waals surface area contributed by atoms with Crippen LogP contribution in [-0.2, 0) is 11.2 Å². The number of carbonyl (C=O) groups excluding carboxylic acids is 2. The lowest BCUT2D eigenvalue weighted by Crippen LogP contribution is -2.39. The van der Waals surface area contributed by atoms with E-state index in [0.717, 1.165) is 30.9 Å². The topological polar surface area (TPSA) is 61.4 Å². The summed E-state index contributed by atoms with van der Waals surface area (Å²) < 4.78 is 0. The van der Waals surface area contributed by atoms with Crippen LogP contribution in [0.4, 0.5) is 5.69 Å². The van der Waals surface area contributed by atoms with Crippen molar-refractivity contribution in [2.24, 2.45) is 5.92 Å². The number of benzene rings is 1. The maximum absolute atomic E-state index is 12.5. The molecule has 2 amide bonds. The van der Waals surface area contributed by atoms with Crippen molar-refractivity contribution in [3.05, 3.63) is 29.3 Å². The predicted octanol–water partition coefficient (Wildman–Crippen LogP) is 1.25. The molecule has 1 aromatic rings. The summed E-state index contributed by atoms with van der Waals surface area (Å²) >= 11 is 0.